The zero-order chi connectivity index (χ0) is 40.1. The summed E-state index contributed by atoms with van der Waals surface area (Å²) < 4.78 is 0. The summed E-state index contributed by atoms with van der Waals surface area (Å²) in [7, 11) is 0. The molecule has 0 aromatic heterocycles. The van der Waals surface area contributed by atoms with E-state index in [0.717, 1.165) is 28.4 Å². The zero-order valence-corrected chi connectivity index (χ0v) is 33.3. The molecule has 10 aromatic rings. The van der Waals surface area contributed by atoms with E-state index in [1.807, 2.05) is 0 Å². The molecule has 0 bridgehead atoms. The highest BCUT2D eigenvalue weighted by molar-refractivity contribution is 6.14. The summed E-state index contributed by atoms with van der Waals surface area (Å²) in [6.07, 6.45) is 0. The van der Waals surface area contributed by atoms with Gasteiger partial charge in [0.1, 0.15) is 0 Å². The van der Waals surface area contributed by atoms with E-state index in [4.69, 9.17) is 0 Å². The van der Waals surface area contributed by atoms with Crippen LogP contribution in [0.3, 0.4) is 0 Å². The molecule has 3 aliphatic rings. The lowest BCUT2D eigenvalue weighted by molar-refractivity contribution is 0.793. The lowest BCUT2D eigenvalue weighted by Crippen LogP contribution is -2.26. The largest absolute Gasteiger partial charge is 0.310 e. The third kappa shape index (κ3) is 4.79. The van der Waals surface area contributed by atoms with Crippen molar-refractivity contribution >= 4 is 44.9 Å². The summed E-state index contributed by atoms with van der Waals surface area (Å²) in [4.78, 5) is 4.91. The molecule has 0 amide bonds. The molecule has 1 heterocycles. The molecule has 0 unspecified atom stereocenters. The SMILES string of the molecule is c1ccc(-c2ccc(N(c3ccc4c(c3)N(c3ccccc3)c3cccc5cccc-4c35)c3ccc4c(c3)C3(c5ccccc5-c5ccccc53)c3ccccc3-4)cc2)cc1. The molecule has 1 aliphatic heterocycles. The van der Waals surface area contributed by atoms with Crippen LogP contribution >= 0.6 is 0 Å². The van der Waals surface area contributed by atoms with Gasteiger partial charge in [-0.25, -0.2) is 0 Å². The Hall–Kier alpha value is -7.94. The number of hydrogen-bond acceptors (Lipinski definition) is 2. The fourth-order valence-electron chi connectivity index (χ4n) is 10.9. The van der Waals surface area contributed by atoms with Gasteiger partial charge in [-0.2, -0.15) is 0 Å². The summed E-state index contributed by atoms with van der Waals surface area (Å²) >= 11 is 0. The average Bonchev–Trinajstić information content (AvgIpc) is 3.80. The number of fused-ring (bicyclic) bond motifs is 12. The van der Waals surface area contributed by atoms with Gasteiger partial charge in [-0.3, -0.25) is 0 Å². The Morgan fingerprint density at radius 2 is 0.803 bits per heavy atom. The Morgan fingerprint density at radius 1 is 0.311 bits per heavy atom. The minimum absolute atomic E-state index is 0.444. The van der Waals surface area contributed by atoms with Gasteiger partial charge in [0, 0.05) is 33.7 Å². The molecule has 1 spiro atoms. The molecular formula is C59H38N2. The van der Waals surface area contributed by atoms with Gasteiger partial charge in [-0.05, 0) is 121 Å². The van der Waals surface area contributed by atoms with Crippen LogP contribution in [0.25, 0.3) is 55.3 Å². The Balaban J connectivity index is 1.06. The second-order valence-electron chi connectivity index (χ2n) is 16.4. The lowest BCUT2D eigenvalue weighted by atomic mass is 9.70. The molecular weight excluding hydrogens is 737 g/mol. The maximum Gasteiger partial charge on any atom is 0.0726 e. The molecule has 0 N–H and O–H groups in total. The number of nitrogens with zero attached hydrogens (tertiary/aromatic N) is 2. The summed E-state index contributed by atoms with van der Waals surface area (Å²) in [6.45, 7) is 0. The first-order chi connectivity index (χ1) is 30.3. The van der Waals surface area contributed by atoms with E-state index in [1.165, 1.54) is 83.2 Å². The highest BCUT2D eigenvalue weighted by Crippen LogP contribution is 2.63. The van der Waals surface area contributed by atoms with Gasteiger partial charge >= 0.3 is 0 Å². The molecule has 0 fully saturated rings. The van der Waals surface area contributed by atoms with Crippen molar-refractivity contribution in [3.05, 3.63) is 253 Å². The summed E-state index contributed by atoms with van der Waals surface area (Å²) in [5, 5.41) is 2.52. The molecule has 0 radical (unpaired) electrons. The second-order valence-corrected chi connectivity index (χ2v) is 16.4. The van der Waals surface area contributed by atoms with Gasteiger partial charge in [0.2, 0.25) is 0 Å². The van der Waals surface area contributed by atoms with E-state index in [9.17, 15) is 0 Å². The van der Waals surface area contributed by atoms with Gasteiger partial charge in [0.25, 0.3) is 0 Å². The molecule has 13 rings (SSSR count). The van der Waals surface area contributed by atoms with E-state index < -0.39 is 5.41 Å². The van der Waals surface area contributed by atoms with Gasteiger partial charge in [0.05, 0.1) is 16.8 Å². The van der Waals surface area contributed by atoms with Gasteiger partial charge in [-0.15, -0.1) is 0 Å². The molecule has 2 heteroatoms. The van der Waals surface area contributed by atoms with Crippen molar-refractivity contribution < 1.29 is 0 Å². The standard InChI is InChI=1S/C59H38N2/c1-3-15-39(16-4-1)40-29-31-43(32-30-40)60(45-34-36-50-51-24-13-17-41-18-14-28-56(58(41)51)61(57(50)38-45)42-19-5-2-6-20-42)44-33-35-49-48-23-9-12-27-54(48)59(55(49)37-44)52-25-10-7-21-46(52)47-22-8-11-26-53(47)59/h1-38H. The van der Waals surface area contributed by atoms with Crippen LogP contribution in [0.1, 0.15) is 22.3 Å². The monoisotopic (exact) mass is 774 g/mol. The van der Waals surface area contributed by atoms with E-state index in [1.54, 1.807) is 0 Å². The van der Waals surface area contributed by atoms with Crippen molar-refractivity contribution in [3.63, 3.8) is 0 Å². The van der Waals surface area contributed by atoms with Crippen molar-refractivity contribution in [1.82, 2.24) is 0 Å². The van der Waals surface area contributed by atoms with E-state index in [-0.39, 0.29) is 0 Å². The molecule has 284 valence electrons. The molecule has 10 aromatic carbocycles. The van der Waals surface area contributed by atoms with Gasteiger partial charge < -0.3 is 9.80 Å². The lowest BCUT2D eigenvalue weighted by Gasteiger charge is -2.35. The maximum absolute atomic E-state index is 2.49. The fourth-order valence-corrected chi connectivity index (χ4v) is 10.9. The van der Waals surface area contributed by atoms with Crippen LogP contribution in [0.5, 0.6) is 0 Å². The summed E-state index contributed by atoms with van der Waals surface area (Å²) in [5.74, 6) is 0. The number of benzene rings is 10. The molecule has 0 saturated heterocycles. The van der Waals surface area contributed by atoms with Crippen molar-refractivity contribution in [2.45, 2.75) is 5.41 Å². The third-order valence-electron chi connectivity index (χ3n) is 13.4. The number of anilines is 6. The first-order valence-electron chi connectivity index (χ1n) is 21.2. The van der Waals surface area contributed by atoms with Crippen molar-refractivity contribution in [2.75, 3.05) is 9.80 Å². The molecule has 0 saturated carbocycles. The van der Waals surface area contributed by atoms with Crippen LogP contribution < -0.4 is 9.80 Å². The Bertz CT molecular complexity index is 3300. The minimum atomic E-state index is -0.444. The van der Waals surface area contributed by atoms with Crippen LogP contribution in [0.4, 0.5) is 34.1 Å². The van der Waals surface area contributed by atoms with Crippen LogP contribution in [0, 0.1) is 0 Å². The van der Waals surface area contributed by atoms with Crippen LogP contribution in [0.2, 0.25) is 0 Å². The van der Waals surface area contributed by atoms with Crippen molar-refractivity contribution in [1.29, 1.82) is 0 Å². The van der Waals surface area contributed by atoms with Gasteiger partial charge in [-0.1, -0.05) is 176 Å². The second kappa shape index (κ2) is 13.0. The van der Waals surface area contributed by atoms with E-state index in [2.05, 4.69) is 240 Å². The molecule has 61 heavy (non-hydrogen) atoms. The van der Waals surface area contributed by atoms with Crippen LogP contribution in [-0.4, -0.2) is 0 Å². The molecule has 2 aliphatic carbocycles. The Morgan fingerprint density at radius 3 is 1.46 bits per heavy atom. The summed E-state index contributed by atoms with van der Waals surface area (Å²) in [6, 6.07) is 85.4. The van der Waals surface area contributed by atoms with E-state index in [0.29, 0.717) is 0 Å². The zero-order valence-electron chi connectivity index (χ0n) is 33.3. The predicted octanol–water partition coefficient (Wildman–Crippen LogP) is 15.8. The Kier molecular flexibility index (Phi) is 7.26. The number of hydrogen-bond donors (Lipinski definition) is 0. The molecule has 2 nitrogen and oxygen atoms in total. The van der Waals surface area contributed by atoms with Crippen LogP contribution in [0.15, 0.2) is 231 Å². The number of rotatable bonds is 5. The average molecular weight is 775 g/mol. The summed E-state index contributed by atoms with van der Waals surface area (Å²) in [5.41, 5.74) is 21.8. The van der Waals surface area contributed by atoms with Gasteiger partial charge in [0.15, 0.2) is 0 Å². The normalized spacial score (nSPS) is 13.3. The highest BCUT2D eigenvalue weighted by Gasteiger charge is 2.51. The number of para-hydroxylation sites is 1. The predicted molar refractivity (Wildman–Crippen MR) is 254 cm³/mol. The van der Waals surface area contributed by atoms with Crippen LogP contribution in [-0.2, 0) is 5.41 Å². The van der Waals surface area contributed by atoms with Crippen molar-refractivity contribution in [3.8, 4) is 44.5 Å². The third-order valence-corrected chi connectivity index (χ3v) is 13.4. The Labute approximate surface area is 355 Å². The van der Waals surface area contributed by atoms with E-state index >= 15 is 0 Å². The highest BCUT2D eigenvalue weighted by atomic mass is 15.2. The minimum Gasteiger partial charge on any atom is -0.310 e. The topological polar surface area (TPSA) is 6.48 Å². The first kappa shape index (κ1) is 34.0. The smallest absolute Gasteiger partial charge is 0.0726 e. The van der Waals surface area contributed by atoms with Crippen molar-refractivity contribution in [2.24, 2.45) is 0 Å². The fraction of sp³-hybridized carbons (Fsp3) is 0.0169. The molecule has 0 atom stereocenters. The first-order valence-corrected chi connectivity index (χ1v) is 21.2. The quantitative estimate of drug-likeness (QED) is 0.172. The maximum atomic E-state index is 2.49.